The number of β-amino-alcohol motifs (C(OH)–C–C–N with tert-alkyl or cyclic N) is 1. The summed E-state index contributed by atoms with van der Waals surface area (Å²) in [6.07, 6.45) is 0.502. The lowest BCUT2D eigenvalue weighted by atomic mass is 10.0. The van der Waals surface area contributed by atoms with Crippen LogP contribution in [0.25, 0.3) is 11.1 Å². The first kappa shape index (κ1) is 18.1. The van der Waals surface area contributed by atoms with Crippen LogP contribution < -0.4 is 16.0 Å². The van der Waals surface area contributed by atoms with E-state index in [0.717, 1.165) is 29.8 Å². The minimum Gasteiger partial charge on any atom is -0.397 e. The second-order valence-electron chi connectivity index (χ2n) is 7.06. The highest BCUT2D eigenvalue weighted by Gasteiger charge is 2.20. The molecule has 3 aromatic rings. The van der Waals surface area contributed by atoms with Crippen LogP contribution in [-0.2, 0) is 0 Å². The monoisotopic (exact) mass is 373 g/mol. The summed E-state index contributed by atoms with van der Waals surface area (Å²) in [7, 11) is 0. The number of benzene rings is 3. The number of nitrogens with one attached hydrogen (secondary N) is 1. The molecule has 0 saturated carbocycles. The van der Waals surface area contributed by atoms with Crippen LogP contribution >= 0.6 is 0 Å². The first-order valence-corrected chi connectivity index (χ1v) is 9.39. The predicted octanol–water partition coefficient (Wildman–Crippen LogP) is 3.76. The maximum absolute atomic E-state index is 12.7. The molecule has 0 radical (unpaired) electrons. The highest BCUT2D eigenvalue weighted by Crippen LogP contribution is 2.28. The van der Waals surface area contributed by atoms with E-state index in [1.165, 1.54) is 0 Å². The molecule has 142 valence electrons. The summed E-state index contributed by atoms with van der Waals surface area (Å²) in [4.78, 5) is 14.8. The zero-order chi connectivity index (χ0) is 19.5. The summed E-state index contributed by atoms with van der Waals surface area (Å²) in [6.45, 7) is 1.46. The van der Waals surface area contributed by atoms with E-state index in [4.69, 9.17) is 5.73 Å². The summed E-state index contributed by atoms with van der Waals surface area (Å²) < 4.78 is 0. The van der Waals surface area contributed by atoms with Crippen molar-refractivity contribution in [2.24, 2.45) is 0 Å². The van der Waals surface area contributed by atoms with E-state index < -0.39 is 0 Å². The topological polar surface area (TPSA) is 78.6 Å². The average molecular weight is 373 g/mol. The Hall–Kier alpha value is -3.31. The molecule has 3 aromatic carbocycles. The van der Waals surface area contributed by atoms with Crippen LogP contribution in [0.1, 0.15) is 16.8 Å². The smallest absolute Gasteiger partial charge is 0.255 e. The van der Waals surface area contributed by atoms with Crippen molar-refractivity contribution in [2.75, 3.05) is 29.0 Å². The number of carbonyl (C=O) groups excluding carboxylic acids is 1. The van der Waals surface area contributed by atoms with Crippen molar-refractivity contribution in [1.29, 1.82) is 0 Å². The molecule has 1 saturated heterocycles. The molecular weight excluding hydrogens is 350 g/mol. The Kier molecular flexibility index (Phi) is 5.00. The molecule has 5 nitrogen and oxygen atoms in total. The highest BCUT2D eigenvalue weighted by molar-refractivity contribution is 6.06. The number of anilines is 3. The zero-order valence-electron chi connectivity index (χ0n) is 15.5. The fourth-order valence-electron chi connectivity index (χ4n) is 3.47. The van der Waals surface area contributed by atoms with Gasteiger partial charge in [-0.25, -0.2) is 0 Å². The van der Waals surface area contributed by atoms with Crippen LogP contribution in [0, 0.1) is 0 Å². The summed E-state index contributed by atoms with van der Waals surface area (Å²) in [5.74, 6) is -0.204. The zero-order valence-corrected chi connectivity index (χ0v) is 15.5. The van der Waals surface area contributed by atoms with Gasteiger partial charge >= 0.3 is 0 Å². The molecule has 1 aliphatic rings. The first-order valence-electron chi connectivity index (χ1n) is 9.39. The van der Waals surface area contributed by atoms with Gasteiger partial charge in [0.1, 0.15) is 0 Å². The Bertz CT molecular complexity index is 971. The highest BCUT2D eigenvalue weighted by atomic mass is 16.3. The van der Waals surface area contributed by atoms with E-state index in [0.29, 0.717) is 23.5 Å². The van der Waals surface area contributed by atoms with Gasteiger partial charge in [0.25, 0.3) is 5.91 Å². The maximum atomic E-state index is 12.7. The Morgan fingerprint density at radius 3 is 2.43 bits per heavy atom. The van der Waals surface area contributed by atoms with E-state index in [9.17, 15) is 9.90 Å². The van der Waals surface area contributed by atoms with E-state index in [1.54, 1.807) is 18.2 Å². The molecule has 4 N–H and O–H groups in total. The fourth-order valence-corrected chi connectivity index (χ4v) is 3.47. The van der Waals surface area contributed by atoms with Gasteiger partial charge in [-0.1, -0.05) is 36.4 Å². The van der Waals surface area contributed by atoms with Crippen molar-refractivity contribution in [1.82, 2.24) is 0 Å². The summed E-state index contributed by atoms with van der Waals surface area (Å²) >= 11 is 0. The molecule has 0 spiro atoms. The van der Waals surface area contributed by atoms with Gasteiger partial charge in [0.2, 0.25) is 0 Å². The molecule has 0 aromatic heterocycles. The lowest BCUT2D eigenvalue weighted by Crippen LogP contribution is -2.21. The molecule has 1 unspecified atom stereocenters. The van der Waals surface area contributed by atoms with Crippen molar-refractivity contribution < 1.29 is 9.90 Å². The van der Waals surface area contributed by atoms with Crippen molar-refractivity contribution in [3.05, 3.63) is 78.4 Å². The van der Waals surface area contributed by atoms with Gasteiger partial charge in [0.15, 0.2) is 0 Å². The van der Waals surface area contributed by atoms with Crippen LogP contribution in [0.5, 0.6) is 0 Å². The Balaban J connectivity index is 1.50. The molecule has 1 aliphatic heterocycles. The number of aliphatic hydroxyl groups excluding tert-OH is 1. The van der Waals surface area contributed by atoms with Gasteiger partial charge in [-0.15, -0.1) is 0 Å². The molecule has 1 atom stereocenters. The third-order valence-electron chi connectivity index (χ3n) is 5.07. The van der Waals surface area contributed by atoms with Crippen molar-refractivity contribution in [3.63, 3.8) is 0 Å². The van der Waals surface area contributed by atoms with Gasteiger partial charge in [-0.3, -0.25) is 4.79 Å². The number of hydrogen-bond donors (Lipinski definition) is 3. The second-order valence-corrected chi connectivity index (χ2v) is 7.06. The third kappa shape index (κ3) is 3.85. The van der Waals surface area contributed by atoms with Gasteiger partial charge in [0.05, 0.1) is 17.5 Å². The average Bonchev–Trinajstić information content (AvgIpc) is 3.17. The summed E-state index contributed by atoms with van der Waals surface area (Å²) in [6, 6.07) is 23.0. The minimum absolute atomic E-state index is 0.204. The normalized spacial score (nSPS) is 16.2. The molecule has 1 amide bonds. The van der Waals surface area contributed by atoms with Gasteiger partial charge in [0, 0.05) is 24.3 Å². The van der Waals surface area contributed by atoms with Crippen LogP contribution in [0.3, 0.4) is 0 Å². The SMILES string of the molecule is Nc1ccc(-c2ccccc2)cc1NC(=O)c1ccc(N2CCC(O)C2)cc1. The van der Waals surface area contributed by atoms with Crippen LogP contribution in [0.4, 0.5) is 17.1 Å². The molecular formula is C23H23N3O2. The van der Waals surface area contributed by atoms with Gasteiger partial charge < -0.3 is 21.1 Å². The number of nitrogens with two attached hydrogens (primary N) is 1. The Morgan fingerprint density at radius 2 is 1.75 bits per heavy atom. The number of nitrogen functional groups attached to an aromatic ring is 1. The second kappa shape index (κ2) is 7.74. The summed E-state index contributed by atoms with van der Waals surface area (Å²) in [5.41, 5.74) is 10.8. The number of aliphatic hydroxyl groups is 1. The third-order valence-corrected chi connectivity index (χ3v) is 5.07. The quantitative estimate of drug-likeness (QED) is 0.609. The van der Waals surface area contributed by atoms with Crippen molar-refractivity contribution >= 4 is 23.0 Å². The number of carbonyl (C=O) groups is 1. The maximum Gasteiger partial charge on any atom is 0.255 e. The van der Waals surface area contributed by atoms with E-state index in [1.807, 2.05) is 54.6 Å². The Morgan fingerprint density at radius 1 is 1.00 bits per heavy atom. The van der Waals surface area contributed by atoms with Crippen LogP contribution in [-0.4, -0.2) is 30.2 Å². The van der Waals surface area contributed by atoms with Gasteiger partial charge in [-0.05, 0) is 53.9 Å². The first-order chi connectivity index (χ1) is 13.6. The number of nitrogens with zero attached hydrogens (tertiary/aromatic N) is 1. The number of amides is 1. The minimum atomic E-state index is -0.275. The number of rotatable bonds is 4. The van der Waals surface area contributed by atoms with Crippen LogP contribution in [0.15, 0.2) is 72.8 Å². The standard InChI is InChI=1S/C23H23N3O2/c24-21-11-8-18(16-4-2-1-3-5-16)14-22(21)25-23(28)17-6-9-19(10-7-17)26-13-12-20(27)15-26/h1-11,14,20,27H,12-13,15,24H2,(H,25,28). The largest absolute Gasteiger partial charge is 0.397 e. The molecule has 1 fully saturated rings. The number of hydrogen-bond acceptors (Lipinski definition) is 4. The molecule has 5 heteroatoms. The van der Waals surface area contributed by atoms with Crippen molar-refractivity contribution in [3.8, 4) is 11.1 Å². The molecule has 0 bridgehead atoms. The van der Waals surface area contributed by atoms with Gasteiger partial charge in [-0.2, -0.15) is 0 Å². The Labute approximate surface area is 164 Å². The van der Waals surface area contributed by atoms with E-state index in [2.05, 4.69) is 10.2 Å². The van der Waals surface area contributed by atoms with Crippen LogP contribution in [0.2, 0.25) is 0 Å². The lowest BCUT2D eigenvalue weighted by molar-refractivity contribution is 0.102. The fraction of sp³-hybridized carbons (Fsp3) is 0.174. The summed E-state index contributed by atoms with van der Waals surface area (Å²) in [5, 5.41) is 12.6. The van der Waals surface area contributed by atoms with E-state index in [-0.39, 0.29) is 12.0 Å². The molecule has 28 heavy (non-hydrogen) atoms. The predicted molar refractivity (Wildman–Crippen MR) is 114 cm³/mol. The molecule has 4 rings (SSSR count). The molecule has 1 heterocycles. The van der Waals surface area contributed by atoms with Crippen molar-refractivity contribution in [2.45, 2.75) is 12.5 Å². The lowest BCUT2D eigenvalue weighted by Gasteiger charge is -2.18. The van der Waals surface area contributed by atoms with E-state index >= 15 is 0 Å². The molecule has 0 aliphatic carbocycles.